The van der Waals surface area contributed by atoms with Crippen molar-refractivity contribution >= 4 is 48.0 Å². The fourth-order valence-corrected chi connectivity index (χ4v) is 3.37. The largest absolute Gasteiger partial charge is 0.462 e. The lowest BCUT2D eigenvalue weighted by molar-refractivity contribution is -0.161. The Morgan fingerprint density at radius 1 is 0.365 bits per heavy atom. The van der Waals surface area contributed by atoms with E-state index < -0.39 is 112 Å². The number of hydrogen-bond donors (Lipinski definition) is 2. The van der Waals surface area contributed by atoms with Gasteiger partial charge in [0.25, 0.3) is 0 Å². The Morgan fingerprint density at radius 3 is 0.750 bits per heavy atom. The maximum absolute atomic E-state index is 12.4. The zero-order chi connectivity index (χ0) is 39.4. The van der Waals surface area contributed by atoms with Gasteiger partial charge < -0.3 is 48.5 Å². The molecule has 0 heterocycles. The third-order valence-corrected chi connectivity index (χ3v) is 6.28. The molecule has 0 aliphatic carbocycles. The summed E-state index contributed by atoms with van der Waals surface area (Å²) < 4.78 is 40.9. The van der Waals surface area contributed by atoms with Gasteiger partial charge in [-0.3, -0.25) is 0 Å². The molecule has 0 rings (SSSR count). The van der Waals surface area contributed by atoms with Crippen LogP contribution in [-0.4, -0.2) is 114 Å². The van der Waals surface area contributed by atoms with Crippen molar-refractivity contribution in [1.82, 2.24) is 10.6 Å². The number of unbranched alkanes of at least 4 members (excludes halogenated alkanes) is 1. The SMILES string of the molecule is C=CC(=O)OCC(COC(=O)C=C)(COC(=O)C=C)COC(=O)NCCCCNC(=O)OCC(COC(=O)C=C)(COC(=O)C=C)COC(=O)C=C. The van der Waals surface area contributed by atoms with E-state index in [1.54, 1.807) is 0 Å². The number of amides is 2. The van der Waals surface area contributed by atoms with Gasteiger partial charge in [-0.1, -0.05) is 39.5 Å². The summed E-state index contributed by atoms with van der Waals surface area (Å²) in [6.45, 7) is 15.8. The van der Waals surface area contributed by atoms with E-state index >= 15 is 0 Å². The third-order valence-electron chi connectivity index (χ3n) is 6.28. The van der Waals surface area contributed by atoms with Crippen molar-refractivity contribution < 1.29 is 76.3 Å². The van der Waals surface area contributed by atoms with E-state index in [1.807, 2.05) is 0 Å². The molecule has 2 amide bonds. The number of carbonyl (C=O) groups excluding carboxylic acids is 8. The molecule has 0 aliphatic rings. The first-order valence-electron chi connectivity index (χ1n) is 15.3. The minimum absolute atomic E-state index is 0.0754. The summed E-state index contributed by atoms with van der Waals surface area (Å²) in [7, 11) is 0. The minimum atomic E-state index is -1.51. The van der Waals surface area contributed by atoms with Crippen LogP contribution < -0.4 is 10.6 Å². The van der Waals surface area contributed by atoms with Crippen LogP contribution in [0.5, 0.6) is 0 Å². The molecule has 0 aromatic heterocycles. The Morgan fingerprint density at radius 2 is 0.558 bits per heavy atom. The molecular formula is C34H44N2O16. The van der Waals surface area contributed by atoms with E-state index in [4.69, 9.17) is 37.9 Å². The summed E-state index contributed by atoms with van der Waals surface area (Å²) in [5.74, 6) is -5.04. The first-order valence-corrected chi connectivity index (χ1v) is 15.3. The van der Waals surface area contributed by atoms with Gasteiger partial charge in [0.15, 0.2) is 0 Å². The number of ether oxygens (including phenoxy) is 8. The van der Waals surface area contributed by atoms with Gasteiger partial charge in [-0.05, 0) is 12.8 Å². The Hall–Kier alpha value is -6.20. The highest BCUT2D eigenvalue weighted by Gasteiger charge is 2.39. The molecule has 2 N–H and O–H groups in total. The minimum Gasteiger partial charge on any atom is -0.462 e. The molecule has 0 atom stereocenters. The van der Waals surface area contributed by atoms with Crippen molar-refractivity contribution in [3.8, 4) is 0 Å². The van der Waals surface area contributed by atoms with Crippen molar-refractivity contribution in [1.29, 1.82) is 0 Å². The number of rotatable bonds is 27. The molecule has 18 nitrogen and oxygen atoms in total. The van der Waals surface area contributed by atoms with Gasteiger partial charge in [0.1, 0.15) is 63.7 Å². The summed E-state index contributed by atoms with van der Waals surface area (Å²) >= 11 is 0. The normalized spacial score (nSPS) is 10.4. The van der Waals surface area contributed by atoms with Gasteiger partial charge in [-0.15, -0.1) is 0 Å². The maximum Gasteiger partial charge on any atom is 0.407 e. The number of nitrogens with one attached hydrogen (secondary N) is 2. The van der Waals surface area contributed by atoms with Crippen LogP contribution in [0.4, 0.5) is 9.59 Å². The number of alkyl carbamates (subject to hydrolysis) is 2. The van der Waals surface area contributed by atoms with Crippen LogP contribution in [0.15, 0.2) is 75.9 Å². The van der Waals surface area contributed by atoms with Crippen LogP contribution in [0.3, 0.4) is 0 Å². The Kier molecular flexibility index (Phi) is 22.7. The first-order chi connectivity index (χ1) is 24.7. The van der Waals surface area contributed by atoms with E-state index in [0.29, 0.717) is 12.8 Å². The molecular weight excluding hydrogens is 692 g/mol. The monoisotopic (exact) mass is 736 g/mol. The molecule has 52 heavy (non-hydrogen) atoms. The topological polar surface area (TPSA) is 234 Å². The molecule has 0 saturated heterocycles. The van der Waals surface area contributed by atoms with Gasteiger partial charge in [0.2, 0.25) is 0 Å². The average Bonchev–Trinajstić information content (AvgIpc) is 3.16. The quantitative estimate of drug-likeness (QED) is 0.0527. The number of esters is 6. The van der Waals surface area contributed by atoms with Crippen molar-refractivity contribution in [2.24, 2.45) is 10.8 Å². The molecule has 286 valence electrons. The lowest BCUT2D eigenvalue weighted by Crippen LogP contribution is -2.44. The molecule has 0 radical (unpaired) electrons. The highest BCUT2D eigenvalue weighted by Crippen LogP contribution is 2.23. The summed E-state index contributed by atoms with van der Waals surface area (Å²) in [4.78, 5) is 95.1. The van der Waals surface area contributed by atoms with Crippen LogP contribution in [0.25, 0.3) is 0 Å². The molecule has 0 spiro atoms. The lowest BCUT2D eigenvalue weighted by atomic mass is 9.92. The van der Waals surface area contributed by atoms with Gasteiger partial charge >= 0.3 is 48.0 Å². The van der Waals surface area contributed by atoms with Crippen LogP contribution in [-0.2, 0) is 66.7 Å². The summed E-state index contributed by atoms with van der Waals surface area (Å²) in [5.41, 5.74) is -3.02. The molecule has 0 fully saturated rings. The van der Waals surface area contributed by atoms with Crippen molar-refractivity contribution in [3.63, 3.8) is 0 Å². The third kappa shape index (κ3) is 20.3. The predicted molar refractivity (Wildman–Crippen MR) is 180 cm³/mol. The van der Waals surface area contributed by atoms with E-state index in [9.17, 15) is 38.4 Å². The Bertz CT molecular complexity index is 1120. The summed E-state index contributed by atoms with van der Waals surface area (Å²) in [5, 5.41) is 4.96. The van der Waals surface area contributed by atoms with Crippen molar-refractivity contribution in [2.75, 3.05) is 65.9 Å². The second-order valence-electron chi connectivity index (χ2n) is 10.6. The average molecular weight is 737 g/mol. The van der Waals surface area contributed by atoms with E-state index in [0.717, 1.165) is 36.5 Å². The van der Waals surface area contributed by atoms with Crippen LogP contribution in [0.1, 0.15) is 12.8 Å². The molecule has 18 heteroatoms. The fraction of sp³-hybridized carbons (Fsp3) is 0.412. The van der Waals surface area contributed by atoms with Crippen LogP contribution in [0, 0.1) is 10.8 Å². The van der Waals surface area contributed by atoms with Gasteiger partial charge in [0.05, 0.1) is 0 Å². The van der Waals surface area contributed by atoms with Gasteiger partial charge in [-0.2, -0.15) is 0 Å². The molecule has 0 aromatic rings. The van der Waals surface area contributed by atoms with E-state index in [2.05, 4.69) is 50.1 Å². The van der Waals surface area contributed by atoms with Crippen molar-refractivity contribution in [2.45, 2.75) is 12.8 Å². The number of carbonyl (C=O) groups is 8. The number of hydrogen-bond acceptors (Lipinski definition) is 16. The Labute approximate surface area is 300 Å². The zero-order valence-corrected chi connectivity index (χ0v) is 28.7. The molecule has 0 unspecified atom stereocenters. The first kappa shape index (κ1) is 45.8. The standard InChI is InChI=1S/C34H44N2O16/c1-7-25(37)45-17-33(18-46-26(38)8-2,19-47-27(39)9-3)23-51-31(43)35-15-13-14-16-36-32(44)52-24-34(20-48-28(40)10-4,21-49-29(41)11-5)22-50-30(42)12-6/h7-12H,1-6,13-24H2,(H,35,43)(H,36,44). The molecule has 0 saturated carbocycles. The molecule has 0 aliphatic heterocycles. The molecule has 0 aromatic carbocycles. The van der Waals surface area contributed by atoms with E-state index in [-0.39, 0.29) is 13.1 Å². The summed E-state index contributed by atoms with van der Waals surface area (Å²) in [6.07, 6.45) is 4.11. The fourth-order valence-electron chi connectivity index (χ4n) is 3.37. The Balaban J connectivity index is 5.18. The smallest absolute Gasteiger partial charge is 0.407 e. The van der Waals surface area contributed by atoms with E-state index in [1.165, 1.54) is 0 Å². The molecule has 0 bridgehead atoms. The van der Waals surface area contributed by atoms with Gasteiger partial charge in [-0.25, -0.2) is 38.4 Å². The lowest BCUT2D eigenvalue weighted by Gasteiger charge is -2.31. The van der Waals surface area contributed by atoms with Crippen molar-refractivity contribution in [3.05, 3.63) is 75.9 Å². The van der Waals surface area contributed by atoms with Gasteiger partial charge in [0, 0.05) is 49.5 Å². The van der Waals surface area contributed by atoms with Crippen LogP contribution in [0.2, 0.25) is 0 Å². The predicted octanol–water partition coefficient (Wildman–Crippen LogP) is 1.57. The highest BCUT2D eigenvalue weighted by molar-refractivity contribution is 5.83. The maximum atomic E-state index is 12.4. The zero-order valence-electron chi connectivity index (χ0n) is 28.7. The second-order valence-corrected chi connectivity index (χ2v) is 10.6. The highest BCUT2D eigenvalue weighted by atomic mass is 16.6. The summed E-state index contributed by atoms with van der Waals surface area (Å²) in [6, 6.07) is 0. The van der Waals surface area contributed by atoms with Crippen LogP contribution >= 0.6 is 0 Å². The second kappa shape index (κ2) is 25.7.